The number of pyridine rings is 2. The molecule has 1 aliphatic rings. The Balaban J connectivity index is 0.000000227. The van der Waals surface area contributed by atoms with Crippen molar-refractivity contribution in [3.63, 3.8) is 0 Å². The molecular weight excluding hydrogens is 715 g/mol. The van der Waals surface area contributed by atoms with Gasteiger partial charge in [0.25, 0.3) is 12.9 Å². The van der Waals surface area contributed by atoms with E-state index in [2.05, 4.69) is 35.9 Å². The van der Waals surface area contributed by atoms with Crippen LogP contribution in [0.2, 0.25) is 0 Å². The van der Waals surface area contributed by atoms with Gasteiger partial charge >= 0.3 is 7.12 Å². The van der Waals surface area contributed by atoms with Gasteiger partial charge in [-0.2, -0.15) is 0 Å². The van der Waals surface area contributed by atoms with Crippen molar-refractivity contribution >= 4 is 50.3 Å². The van der Waals surface area contributed by atoms with Gasteiger partial charge in [-0.15, -0.1) is 0 Å². The third kappa shape index (κ3) is 7.33. The summed E-state index contributed by atoms with van der Waals surface area (Å²) in [6.45, 7) is 11.4. The van der Waals surface area contributed by atoms with E-state index in [9.17, 15) is 17.6 Å². The maximum atomic E-state index is 13.9. The molecule has 2 aromatic carbocycles. The highest BCUT2D eigenvalue weighted by Crippen LogP contribution is 2.38. The van der Waals surface area contributed by atoms with Crippen molar-refractivity contribution < 1.29 is 26.9 Å². The Morgan fingerprint density at radius 1 is 0.700 bits per heavy atom. The van der Waals surface area contributed by atoms with E-state index in [-0.39, 0.29) is 37.6 Å². The Bertz CT molecular complexity index is 2120. The Kier molecular flexibility index (Phi) is 11.3. The molecular formula is C36H40BBrF4N6O2. The Labute approximate surface area is 298 Å². The zero-order chi connectivity index (χ0) is 34.5. The molecule has 0 unspecified atom stereocenters. The fourth-order valence-corrected chi connectivity index (χ4v) is 5.84. The number of imidazole rings is 2. The van der Waals surface area contributed by atoms with Gasteiger partial charge in [-0.05, 0) is 77.3 Å². The molecule has 0 spiro atoms. The Morgan fingerprint density at radius 3 is 1.58 bits per heavy atom. The van der Waals surface area contributed by atoms with Crippen LogP contribution in [-0.2, 0) is 9.31 Å². The molecule has 0 radical (unpaired) electrons. The molecule has 5 heterocycles. The van der Waals surface area contributed by atoms with Crippen molar-refractivity contribution in [2.24, 2.45) is 0 Å². The maximum absolute atomic E-state index is 13.9. The molecule has 1 aliphatic heterocycles. The first-order valence-corrected chi connectivity index (χ1v) is 15.9. The van der Waals surface area contributed by atoms with Crippen LogP contribution in [0.15, 0.2) is 78.1 Å². The second-order valence-corrected chi connectivity index (χ2v) is 13.4. The summed E-state index contributed by atoms with van der Waals surface area (Å²) >= 11 is 3.36. The minimum Gasteiger partial charge on any atom is -0.399 e. The van der Waals surface area contributed by atoms with Gasteiger partial charge in [0.05, 0.1) is 44.8 Å². The predicted octanol–water partition coefficient (Wildman–Crippen LogP) is 9.67. The summed E-state index contributed by atoms with van der Waals surface area (Å²) in [6, 6.07) is 13.9. The number of nitrogens with zero attached hydrogens (tertiary/aromatic N) is 6. The molecule has 0 N–H and O–H groups in total. The second-order valence-electron chi connectivity index (χ2n) is 12.6. The van der Waals surface area contributed by atoms with E-state index in [4.69, 9.17) is 9.31 Å². The van der Waals surface area contributed by atoms with Crippen LogP contribution in [-0.4, -0.2) is 47.4 Å². The number of halogens is 5. The molecule has 1 saturated heterocycles. The van der Waals surface area contributed by atoms with E-state index in [1.54, 1.807) is 44.4 Å². The summed E-state index contributed by atoms with van der Waals surface area (Å²) in [7, 11) is -0.651. The number of benzene rings is 2. The zero-order valence-corrected chi connectivity index (χ0v) is 28.6. The van der Waals surface area contributed by atoms with Crippen LogP contribution in [0.5, 0.6) is 0 Å². The van der Waals surface area contributed by atoms with Crippen LogP contribution in [0.4, 0.5) is 17.6 Å². The summed E-state index contributed by atoms with van der Waals surface area (Å²) < 4.78 is 70.4. The molecule has 264 valence electrons. The lowest BCUT2D eigenvalue weighted by atomic mass is 9.76. The van der Waals surface area contributed by atoms with E-state index in [0.29, 0.717) is 27.3 Å². The molecule has 0 atom stereocenters. The molecule has 50 heavy (non-hydrogen) atoms. The number of aromatic nitrogens is 6. The first-order chi connectivity index (χ1) is 22.6. The van der Waals surface area contributed by atoms with E-state index in [0.717, 1.165) is 15.9 Å². The Hall–Kier alpha value is -4.14. The average Bonchev–Trinajstić information content (AvgIpc) is 3.72. The summed E-state index contributed by atoms with van der Waals surface area (Å²) in [6.07, 6.45) is 1.06. The predicted molar refractivity (Wildman–Crippen MR) is 194 cm³/mol. The summed E-state index contributed by atoms with van der Waals surface area (Å²) in [5, 5.41) is 1.26. The van der Waals surface area contributed by atoms with Gasteiger partial charge in [-0.25, -0.2) is 37.5 Å². The molecule has 0 amide bonds. The molecule has 7 rings (SSSR count). The minimum atomic E-state index is -2.68. The average molecular weight is 755 g/mol. The molecule has 4 aromatic heterocycles. The third-order valence-electron chi connectivity index (χ3n) is 8.61. The smallest absolute Gasteiger partial charge is 0.399 e. The van der Waals surface area contributed by atoms with Gasteiger partial charge < -0.3 is 9.31 Å². The van der Waals surface area contributed by atoms with Crippen molar-refractivity contribution in [2.75, 3.05) is 0 Å². The highest BCUT2D eigenvalue weighted by atomic mass is 79.9. The molecule has 0 aliphatic carbocycles. The number of hydrogen-bond acceptors (Lipinski definition) is 6. The maximum Gasteiger partial charge on any atom is 0.495 e. The lowest BCUT2D eigenvalue weighted by molar-refractivity contribution is 0.00578. The number of alkyl halides is 4. The number of fused-ring (bicyclic) bond motifs is 2. The number of hydrogen-bond donors (Lipinski definition) is 0. The standard InChI is InChI=1S/C20H22BF2N3O2.C14H10BrF2N3.2CH4/c1-12-10-26(11-24-12)18-14(17(22)23)9-13-15(7-6-8-16(13)25-18)21-27-19(2,3)20(4,5)28-21;1-8-6-20(7-18-8)14-10(13(16)17)5-9-11(15)3-2-4-12(9)19-14;;/h6-11,17H,1-5H3;2-7,13H,1H3;2*1H4. The van der Waals surface area contributed by atoms with Crippen LogP contribution < -0.4 is 5.46 Å². The van der Waals surface area contributed by atoms with E-state index >= 15 is 0 Å². The molecule has 14 heteroatoms. The van der Waals surface area contributed by atoms with Gasteiger partial charge in [0.2, 0.25) is 0 Å². The van der Waals surface area contributed by atoms with Crippen LogP contribution in [0.25, 0.3) is 33.4 Å². The molecule has 6 aromatic rings. The first-order valence-electron chi connectivity index (χ1n) is 15.1. The third-order valence-corrected chi connectivity index (χ3v) is 9.30. The van der Waals surface area contributed by atoms with Crippen molar-refractivity contribution in [1.82, 2.24) is 29.1 Å². The highest BCUT2D eigenvalue weighted by Gasteiger charge is 2.52. The Morgan fingerprint density at radius 2 is 1.14 bits per heavy atom. The van der Waals surface area contributed by atoms with Crippen LogP contribution in [0, 0.1) is 13.8 Å². The van der Waals surface area contributed by atoms with E-state index < -0.39 is 31.2 Å². The second kappa shape index (κ2) is 14.6. The SMILES string of the molecule is C.C.Cc1cn(-c2nc3cccc(B4OC(C)(C)C(C)(C)O4)c3cc2C(F)F)cn1.Cc1cn(-c2nc3cccc(Br)c3cc2C(F)F)cn1. The highest BCUT2D eigenvalue weighted by molar-refractivity contribution is 9.10. The van der Waals surface area contributed by atoms with Crippen molar-refractivity contribution in [2.45, 2.75) is 80.4 Å². The summed E-state index contributed by atoms with van der Waals surface area (Å²) in [5.41, 5.74) is 2.12. The van der Waals surface area contributed by atoms with Gasteiger partial charge in [0.15, 0.2) is 0 Å². The zero-order valence-electron chi connectivity index (χ0n) is 27.0. The van der Waals surface area contributed by atoms with Crippen LogP contribution in [0.3, 0.4) is 0 Å². The van der Waals surface area contributed by atoms with Gasteiger partial charge in [-0.3, -0.25) is 9.13 Å². The van der Waals surface area contributed by atoms with Crippen molar-refractivity contribution in [1.29, 1.82) is 0 Å². The largest absolute Gasteiger partial charge is 0.495 e. The van der Waals surface area contributed by atoms with Gasteiger partial charge in [-0.1, -0.05) is 49.0 Å². The monoisotopic (exact) mass is 754 g/mol. The molecule has 0 saturated carbocycles. The lowest BCUT2D eigenvalue weighted by Crippen LogP contribution is -2.41. The molecule has 8 nitrogen and oxygen atoms in total. The quantitative estimate of drug-likeness (QED) is 0.129. The molecule has 0 bridgehead atoms. The van der Waals surface area contributed by atoms with Gasteiger partial charge in [0, 0.05) is 27.6 Å². The normalized spacial score (nSPS) is 14.9. The number of aryl methyl sites for hydroxylation is 2. The fourth-order valence-electron chi connectivity index (χ4n) is 5.37. The summed E-state index contributed by atoms with van der Waals surface area (Å²) in [4.78, 5) is 17.1. The van der Waals surface area contributed by atoms with Crippen molar-refractivity contribution in [3.05, 3.63) is 101 Å². The summed E-state index contributed by atoms with van der Waals surface area (Å²) in [5.74, 6) is 0.389. The van der Waals surface area contributed by atoms with Crippen molar-refractivity contribution in [3.8, 4) is 11.6 Å². The van der Waals surface area contributed by atoms with Crippen LogP contribution >= 0.6 is 15.9 Å². The van der Waals surface area contributed by atoms with Crippen LogP contribution in [0.1, 0.15) is 77.9 Å². The first kappa shape index (κ1) is 38.7. The van der Waals surface area contributed by atoms with Gasteiger partial charge in [0.1, 0.15) is 24.3 Å². The topological polar surface area (TPSA) is 79.9 Å². The number of rotatable bonds is 5. The lowest BCUT2D eigenvalue weighted by Gasteiger charge is -2.32. The van der Waals surface area contributed by atoms with E-state index in [1.807, 2.05) is 45.9 Å². The minimum absolute atomic E-state index is 0. The molecule has 1 fully saturated rings. The fraction of sp³-hybridized carbons (Fsp3) is 0.333. The van der Waals surface area contributed by atoms with E-state index in [1.165, 1.54) is 33.9 Å².